The van der Waals surface area contributed by atoms with E-state index in [0.29, 0.717) is 30.8 Å². The van der Waals surface area contributed by atoms with Gasteiger partial charge in [0.15, 0.2) is 0 Å². The van der Waals surface area contributed by atoms with Crippen LogP contribution in [-0.4, -0.2) is 38.5 Å². The number of allylic oxidation sites excluding steroid dienone is 2. The molecule has 3 amide bonds. The van der Waals surface area contributed by atoms with E-state index < -0.39 is 0 Å². The minimum Gasteiger partial charge on any atom is -0.320 e. The van der Waals surface area contributed by atoms with Gasteiger partial charge in [-0.3, -0.25) is 28.8 Å². The van der Waals surface area contributed by atoms with Gasteiger partial charge in [-0.15, -0.1) is 0 Å². The number of hydrogen-bond acceptors (Lipinski definition) is 4. The van der Waals surface area contributed by atoms with E-state index in [2.05, 4.69) is 17.5 Å². The fourth-order valence-corrected chi connectivity index (χ4v) is 5.83. The maximum atomic E-state index is 12.9. The highest BCUT2D eigenvalue weighted by Crippen LogP contribution is 2.52. The number of nitrogens with zero attached hydrogens (tertiary/aromatic N) is 3. The molecule has 2 aromatic rings. The molecule has 0 spiro atoms. The summed E-state index contributed by atoms with van der Waals surface area (Å²) in [4.78, 5) is 52.3. The minimum atomic E-state index is -0.264. The van der Waals surface area contributed by atoms with Crippen molar-refractivity contribution in [3.63, 3.8) is 0 Å². The van der Waals surface area contributed by atoms with E-state index in [0.717, 1.165) is 18.5 Å². The molecule has 1 saturated heterocycles. The van der Waals surface area contributed by atoms with E-state index in [9.17, 15) is 19.2 Å². The van der Waals surface area contributed by atoms with Crippen LogP contribution in [0.15, 0.2) is 47.3 Å². The molecule has 4 atom stereocenters. The molecule has 178 valence electrons. The number of aromatic nitrogens is 2. The van der Waals surface area contributed by atoms with Gasteiger partial charge in [0.25, 0.3) is 5.56 Å². The summed E-state index contributed by atoms with van der Waals surface area (Å²) in [5.41, 5.74) is 1.44. The van der Waals surface area contributed by atoms with Crippen LogP contribution in [0.2, 0.25) is 0 Å². The third kappa shape index (κ3) is 3.61. The summed E-state index contributed by atoms with van der Waals surface area (Å²) in [6.07, 6.45) is 7.45. The second kappa shape index (κ2) is 8.74. The molecule has 2 heterocycles. The molecule has 2 fully saturated rings. The highest BCUT2D eigenvalue weighted by molar-refractivity contribution is 6.06. The molecule has 1 aromatic carbocycles. The van der Waals surface area contributed by atoms with Crippen LogP contribution in [-0.2, 0) is 21.4 Å². The number of carbonyl (C=O) groups is 3. The Bertz CT molecular complexity index is 1200. The van der Waals surface area contributed by atoms with Gasteiger partial charge in [0.2, 0.25) is 17.7 Å². The van der Waals surface area contributed by atoms with Crippen molar-refractivity contribution in [2.75, 3.05) is 11.9 Å². The number of carbonyl (C=O) groups excluding carboxylic acids is 3. The van der Waals surface area contributed by atoms with Crippen molar-refractivity contribution in [2.24, 2.45) is 30.7 Å². The SMILES string of the molecule is Cc1c(NC(=O)CCCCCN2C(=O)[C@H]3[C@H](C2=O)[C@H]2C=C[C@H]3C2)c(=O)n(-c2ccccc2)n1C. The first-order valence-electron chi connectivity index (χ1n) is 12.1. The first kappa shape index (κ1) is 22.4. The zero-order chi connectivity index (χ0) is 24.0. The van der Waals surface area contributed by atoms with Gasteiger partial charge in [-0.2, -0.15) is 0 Å². The van der Waals surface area contributed by atoms with Gasteiger partial charge in [0.05, 0.1) is 23.2 Å². The van der Waals surface area contributed by atoms with Crippen LogP contribution in [0, 0.1) is 30.6 Å². The van der Waals surface area contributed by atoms with Crippen molar-refractivity contribution in [3.8, 4) is 5.69 Å². The number of unbranched alkanes of at least 4 members (excludes halogenated alkanes) is 2. The molecule has 1 aliphatic heterocycles. The average molecular weight is 463 g/mol. The predicted octanol–water partition coefficient (Wildman–Crippen LogP) is 2.79. The molecule has 1 N–H and O–H groups in total. The first-order chi connectivity index (χ1) is 16.4. The summed E-state index contributed by atoms with van der Waals surface area (Å²) < 4.78 is 3.26. The third-order valence-electron chi connectivity index (χ3n) is 7.67. The smallest absolute Gasteiger partial charge is 0.295 e. The number of anilines is 1. The van der Waals surface area contributed by atoms with Crippen LogP contribution < -0.4 is 10.9 Å². The van der Waals surface area contributed by atoms with Gasteiger partial charge in [-0.25, -0.2) is 4.68 Å². The van der Waals surface area contributed by atoms with Gasteiger partial charge >= 0.3 is 0 Å². The lowest BCUT2D eigenvalue weighted by molar-refractivity contribution is -0.140. The van der Waals surface area contributed by atoms with Crippen LogP contribution in [0.4, 0.5) is 5.69 Å². The molecule has 2 aliphatic carbocycles. The lowest BCUT2D eigenvalue weighted by Gasteiger charge is -2.16. The van der Waals surface area contributed by atoms with E-state index in [1.165, 1.54) is 9.58 Å². The van der Waals surface area contributed by atoms with E-state index >= 15 is 0 Å². The molecule has 8 nitrogen and oxygen atoms in total. The summed E-state index contributed by atoms with van der Waals surface area (Å²) in [6, 6.07) is 9.29. The number of hydrogen-bond donors (Lipinski definition) is 1. The van der Waals surface area contributed by atoms with Crippen molar-refractivity contribution >= 4 is 23.4 Å². The number of imide groups is 1. The molecule has 1 aromatic heterocycles. The Morgan fingerprint density at radius 2 is 1.62 bits per heavy atom. The minimum absolute atomic E-state index is 0.0150. The van der Waals surface area contributed by atoms with Crippen LogP contribution in [0.5, 0.6) is 0 Å². The standard InChI is InChI=1S/C26H30N4O4/c1-16-23(26(34)30(28(16)2)19-9-5-3-6-10-19)27-20(31)11-7-4-8-14-29-24(32)21-17-12-13-18(15-17)22(21)25(29)33/h3,5-6,9-10,12-13,17-18,21-22H,4,7-8,11,14-15H2,1-2H3,(H,27,31)/t17-,18-,21+,22+/m0/s1. The maximum Gasteiger partial charge on any atom is 0.295 e. The Kier molecular flexibility index (Phi) is 5.75. The Hall–Kier alpha value is -3.42. The van der Waals surface area contributed by atoms with Crippen molar-refractivity contribution in [1.29, 1.82) is 0 Å². The van der Waals surface area contributed by atoms with Crippen LogP contribution in [0.25, 0.3) is 5.69 Å². The van der Waals surface area contributed by atoms with Crippen molar-refractivity contribution in [2.45, 2.75) is 39.0 Å². The molecule has 8 heteroatoms. The lowest BCUT2D eigenvalue weighted by atomic mass is 9.85. The summed E-state index contributed by atoms with van der Waals surface area (Å²) in [6.45, 7) is 2.23. The highest BCUT2D eigenvalue weighted by Gasteiger charge is 2.58. The predicted molar refractivity (Wildman–Crippen MR) is 127 cm³/mol. The Balaban J connectivity index is 1.11. The largest absolute Gasteiger partial charge is 0.320 e. The molecule has 5 rings (SSSR count). The number of benzene rings is 1. The monoisotopic (exact) mass is 462 g/mol. The lowest BCUT2D eigenvalue weighted by Crippen LogP contribution is -2.33. The molecule has 0 radical (unpaired) electrons. The van der Waals surface area contributed by atoms with E-state index in [-0.39, 0.29) is 53.4 Å². The normalized spacial score (nSPS) is 24.8. The average Bonchev–Trinajstić information content (AvgIpc) is 3.56. The Labute approximate surface area is 198 Å². The fourth-order valence-electron chi connectivity index (χ4n) is 5.83. The second-order valence-electron chi connectivity index (χ2n) is 9.62. The topological polar surface area (TPSA) is 93.4 Å². The molecule has 2 bridgehead atoms. The van der Waals surface area contributed by atoms with Crippen molar-refractivity contribution < 1.29 is 14.4 Å². The molecule has 3 aliphatic rings. The molecule has 1 saturated carbocycles. The molecule has 0 unspecified atom stereocenters. The summed E-state index contributed by atoms with van der Waals surface area (Å²) in [5.74, 6) is -0.0834. The van der Waals surface area contributed by atoms with Gasteiger partial charge in [-0.05, 0) is 50.2 Å². The Morgan fingerprint density at radius 1 is 0.971 bits per heavy atom. The maximum absolute atomic E-state index is 12.9. The quantitative estimate of drug-likeness (QED) is 0.371. The molecule has 34 heavy (non-hydrogen) atoms. The number of amides is 3. The zero-order valence-corrected chi connectivity index (χ0v) is 19.6. The number of para-hydroxylation sites is 1. The summed E-state index contributed by atoms with van der Waals surface area (Å²) in [7, 11) is 1.79. The van der Waals surface area contributed by atoms with E-state index in [4.69, 9.17) is 0 Å². The molecular formula is C26H30N4O4. The van der Waals surface area contributed by atoms with Gasteiger partial charge in [-0.1, -0.05) is 36.8 Å². The van der Waals surface area contributed by atoms with Gasteiger partial charge < -0.3 is 5.32 Å². The van der Waals surface area contributed by atoms with Gasteiger partial charge in [0.1, 0.15) is 5.69 Å². The summed E-state index contributed by atoms with van der Waals surface area (Å²) in [5, 5.41) is 2.78. The van der Waals surface area contributed by atoms with Gasteiger partial charge in [0, 0.05) is 20.0 Å². The number of fused-ring (bicyclic) bond motifs is 5. The summed E-state index contributed by atoms with van der Waals surface area (Å²) >= 11 is 0. The van der Waals surface area contributed by atoms with E-state index in [1.807, 2.05) is 30.3 Å². The second-order valence-corrected chi connectivity index (χ2v) is 9.62. The van der Waals surface area contributed by atoms with Crippen LogP contribution in [0.3, 0.4) is 0 Å². The number of rotatable bonds is 8. The van der Waals surface area contributed by atoms with E-state index in [1.54, 1.807) is 18.7 Å². The van der Waals surface area contributed by atoms with Crippen LogP contribution in [0.1, 0.15) is 37.8 Å². The zero-order valence-electron chi connectivity index (χ0n) is 19.6. The highest BCUT2D eigenvalue weighted by atomic mass is 16.2. The molecular weight excluding hydrogens is 432 g/mol. The van der Waals surface area contributed by atoms with Crippen molar-refractivity contribution in [3.05, 3.63) is 58.5 Å². The van der Waals surface area contributed by atoms with Crippen LogP contribution >= 0.6 is 0 Å². The Morgan fingerprint density at radius 3 is 2.26 bits per heavy atom. The first-order valence-corrected chi connectivity index (χ1v) is 12.1. The fraction of sp³-hybridized carbons (Fsp3) is 0.462. The number of likely N-dealkylation sites (tertiary alicyclic amines) is 1. The third-order valence-corrected chi connectivity index (χ3v) is 7.67. The van der Waals surface area contributed by atoms with Crippen molar-refractivity contribution in [1.82, 2.24) is 14.3 Å². The number of nitrogens with one attached hydrogen (secondary N) is 1.